The molecular weight excluding hydrogens is 333 g/mol. The molecule has 0 aliphatic carbocycles. The molecule has 0 bridgehead atoms. The van der Waals surface area contributed by atoms with Gasteiger partial charge in [-0.05, 0) is 61.4 Å². The molecule has 0 heterocycles. The second-order valence-corrected chi connectivity index (χ2v) is 6.99. The summed E-state index contributed by atoms with van der Waals surface area (Å²) in [7, 11) is -2.12. The number of nitrogens with one attached hydrogen (secondary N) is 1. The Morgan fingerprint density at radius 2 is 1.62 bits per heavy atom. The highest BCUT2D eigenvalue weighted by Gasteiger charge is 2.20. The predicted molar refractivity (Wildman–Crippen MR) is 89.6 cm³/mol. The fourth-order valence-corrected chi connectivity index (χ4v) is 3.86. The zero-order valence-corrected chi connectivity index (χ0v) is 14.6. The molecule has 0 unspecified atom stereocenters. The van der Waals surface area contributed by atoms with Crippen molar-refractivity contribution < 1.29 is 22.3 Å². The highest BCUT2D eigenvalue weighted by atomic mass is 32.2. The molecule has 24 heavy (non-hydrogen) atoms. The monoisotopic (exact) mass is 353 g/mol. The molecular formula is C17H20FNO4S. The number of halogens is 1. The van der Waals surface area contributed by atoms with Crippen molar-refractivity contribution in [1.29, 1.82) is 0 Å². The van der Waals surface area contributed by atoms with E-state index in [1.54, 1.807) is 26.0 Å². The van der Waals surface area contributed by atoms with Crippen LogP contribution in [0.15, 0.2) is 41.3 Å². The Bertz CT molecular complexity index is 781. The average Bonchev–Trinajstić information content (AvgIpc) is 2.52. The fourth-order valence-electron chi connectivity index (χ4n) is 2.40. The van der Waals surface area contributed by atoms with Crippen molar-refractivity contribution in [1.82, 2.24) is 4.72 Å². The van der Waals surface area contributed by atoms with E-state index < -0.39 is 10.0 Å². The predicted octanol–water partition coefficient (Wildman–Crippen LogP) is 2.81. The van der Waals surface area contributed by atoms with Crippen molar-refractivity contribution in [3.63, 3.8) is 0 Å². The van der Waals surface area contributed by atoms with Crippen LogP contribution in [0.3, 0.4) is 0 Å². The van der Waals surface area contributed by atoms with Crippen molar-refractivity contribution in [2.24, 2.45) is 0 Å². The van der Waals surface area contributed by atoms with E-state index in [9.17, 15) is 12.8 Å². The van der Waals surface area contributed by atoms with Gasteiger partial charge in [0.25, 0.3) is 0 Å². The van der Waals surface area contributed by atoms with Gasteiger partial charge in [0, 0.05) is 6.54 Å². The summed E-state index contributed by atoms with van der Waals surface area (Å²) in [6.45, 7) is 3.68. The number of ether oxygens (including phenoxy) is 2. The van der Waals surface area contributed by atoms with Gasteiger partial charge < -0.3 is 9.47 Å². The van der Waals surface area contributed by atoms with Gasteiger partial charge in [0.2, 0.25) is 10.0 Å². The quantitative estimate of drug-likeness (QED) is 0.778. The largest absolute Gasteiger partial charge is 0.497 e. The van der Waals surface area contributed by atoms with Gasteiger partial charge >= 0.3 is 0 Å². The minimum Gasteiger partial charge on any atom is -0.497 e. The van der Waals surface area contributed by atoms with E-state index in [4.69, 9.17) is 9.47 Å². The number of hydrogen-bond donors (Lipinski definition) is 1. The van der Waals surface area contributed by atoms with Gasteiger partial charge in [-0.15, -0.1) is 0 Å². The van der Waals surface area contributed by atoms with Crippen molar-refractivity contribution in [3.05, 3.63) is 53.3 Å². The summed E-state index contributed by atoms with van der Waals surface area (Å²) in [4.78, 5) is 0.241. The lowest BCUT2D eigenvalue weighted by atomic mass is 10.1. The third kappa shape index (κ3) is 4.46. The molecule has 130 valence electrons. The summed E-state index contributed by atoms with van der Waals surface area (Å²) >= 11 is 0. The van der Waals surface area contributed by atoms with Crippen LogP contribution in [0.5, 0.6) is 11.5 Å². The smallest absolute Gasteiger partial charge is 0.241 e. The third-order valence-corrected chi connectivity index (χ3v) is 5.18. The van der Waals surface area contributed by atoms with E-state index in [0.29, 0.717) is 22.6 Å². The third-order valence-electron chi connectivity index (χ3n) is 3.41. The Kier molecular flexibility index (Phi) is 5.80. The Hall–Kier alpha value is -2.12. The van der Waals surface area contributed by atoms with Crippen LogP contribution >= 0.6 is 0 Å². The summed E-state index contributed by atoms with van der Waals surface area (Å²) in [6, 6.07) is 8.89. The highest BCUT2D eigenvalue weighted by Crippen LogP contribution is 2.25. The zero-order valence-electron chi connectivity index (χ0n) is 13.8. The Labute approximate surface area is 141 Å². The van der Waals surface area contributed by atoms with Gasteiger partial charge in [0.15, 0.2) is 0 Å². The first-order valence-corrected chi connectivity index (χ1v) is 8.85. The minimum absolute atomic E-state index is 0.102. The van der Waals surface area contributed by atoms with Crippen molar-refractivity contribution in [2.45, 2.75) is 18.7 Å². The van der Waals surface area contributed by atoms with E-state index in [0.717, 1.165) is 0 Å². The fraction of sp³-hybridized carbons (Fsp3) is 0.294. The van der Waals surface area contributed by atoms with Gasteiger partial charge in [0.05, 0.1) is 12.0 Å². The molecule has 0 saturated carbocycles. The number of benzene rings is 2. The summed E-state index contributed by atoms with van der Waals surface area (Å²) in [5.41, 5.74) is 1.22. The van der Waals surface area contributed by atoms with Crippen LogP contribution in [0.2, 0.25) is 0 Å². The van der Waals surface area contributed by atoms with Crippen LogP contribution in [-0.2, 0) is 10.0 Å². The lowest BCUT2D eigenvalue weighted by molar-refractivity contribution is 0.322. The molecule has 0 radical (unpaired) electrons. The number of aryl methyl sites for hydroxylation is 2. The first-order chi connectivity index (χ1) is 11.3. The molecule has 2 aromatic rings. The Morgan fingerprint density at radius 1 is 1.04 bits per heavy atom. The normalized spacial score (nSPS) is 11.3. The number of rotatable bonds is 7. The van der Waals surface area contributed by atoms with Gasteiger partial charge in [-0.3, -0.25) is 0 Å². The minimum atomic E-state index is -3.65. The van der Waals surface area contributed by atoms with Crippen molar-refractivity contribution >= 4 is 10.0 Å². The van der Waals surface area contributed by atoms with Crippen molar-refractivity contribution in [3.8, 4) is 11.5 Å². The highest BCUT2D eigenvalue weighted by molar-refractivity contribution is 7.89. The number of methoxy groups -OCH3 is 1. The average molecular weight is 353 g/mol. The molecule has 0 aliphatic heterocycles. The molecule has 7 heteroatoms. The molecule has 0 spiro atoms. The molecule has 0 fully saturated rings. The van der Waals surface area contributed by atoms with E-state index in [-0.39, 0.29) is 23.9 Å². The van der Waals surface area contributed by atoms with Crippen LogP contribution in [0.1, 0.15) is 11.1 Å². The topological polar surface area (TPSA) is 64.6 Å². The molecule has 2 aromatic carbocycles. The molecule has 0 aromatic heterocycles. The maximum Gasteiger partial charge on any atom is 0.241 e. The van der Waals surface area contributed by atoms with E-state index in [2.05, 4.69) is 4.72 Å². The lowest BCUT2D eigenvalue weighted by Gasteiger charge is -2.14. The van der Waals surface area contributed by atoms with Crippen LogP contribution in [0.4, 0.5) is 4.39 Å². The molecule has 0 saturated heterocycles. The standard InChI is InChI=1S/C17H20FNO4S/c1-12-10-16(22-3)11-13(2)17(12)24(20,21)19-8-9-23-15-6-4-14(18)5-7-15/h4-7,10-11,19H,8-9H2,1-3H3. The molecule has 0 aliphatic rings. The lowest BCUT2D eigenvalue weighted by Crippen LogP contribution is -2.29. The van der Waals surface area contributed by atoms with E-state index >= 15 is 0 Å². The van der Waals surface area contributed by atoms with Crippen LogP contribution in [0, 0.1) is 19.7 Å². The van der Waals surface area contributed by atoms with E-state index in [1.165, 1.54) is 31.4 Å². The number of hydrogen-bond acceptors (Lipinski definition) is 4. The van der Waals surface area contributed by atoms with E-state index in [1.807, 2.05) is 0 Å². The maximum atomic E-state index is 12.8. The van der Waals surface area contributed by atoms with Gasteiger partial charge in [-0.25, -0.2) is 17.5 Å². The molecule has 5 nitrogen and oxygen atoms in total. The Morgan fingerprint density at radius 3 is 2.17 bits per heavy atom. The second kappa shape index (κ2) is 7.63. The van der Waals surface area contributed by atoms with Crippen molar-refractivity contribution in [2.75, 3.05) is 20.3 Å². The molecule has 2 rings (SSSR count). The number of sulfonamides is 1. The van der Waals surface area contributed by atoms with Crippen LogP contribution < -0.4 is 14.2 Å². The van der Waals surface area contributed by atoms with Gasteiger partial charge in [-0.1, -0.05) is 0 Å². The Balaban J connectivity index is 2.00. The van der Waals surface area contributed by atoms with Crippen LogP contribution in [0.25, 0.3) is 0 Å². The maximum absolute atomic E-state index is 12.8. The SMILES string of the molecule is COc1cc(C)c(S(=O)(=O)NCCOc2ccc(F)cc2)c(C)c1. The van der Waals surface area contributed by atoms with Crippen LogP contribution in [-0.4, -0.2) is 28.7 Å². The second-order valence-electron chi connectivity index (χ2n) is 5.29. The molecule has 0 amide bonds. The molecule has 1 N–H and O–H groups in total. The van der Waals surface area contributed by atoms with Gasteiger partial charge in [-0.2, -0.15) is 0 Å². The zero-order chi connectivity index (χ0) is 17.7. The summed E-state index contributed by atoms with van der Waals surface area (Å²) in [6.07, 6.45) is 0. The summed E-state index contributed by atoms with van der Waals surface area (Å²) < 4.78 is 50.8. The van der Waals surface area contributed by atoms with Gasteiger partial charge in [0.1, 0.15) is 23.9 Å². The first kappa shape index (κ1) is 18.2. The summed E-state index contributed by atoms with van der Waals surface area (Å²) in [5, 5.41) is 0. The first-order valence-electron chi connectivity index (χ1n) is 7.37. The summed E-state index contributed by atoms with van der Waals surface area (Å²) in [5.74, 6) is 0.740. The molecule has 0 atom stereocenters.